The molecule has 4 aliphatic rings. The highest BCUT2D eigenvalue weighted by Crippen LogP contribution is 2.59. The number of hydrogen-bond acceptors (Lipinski definition) is 6. The molecule has 6 nitrogen and oxygen atoms in total. The van der Waals surface area contributed by atoms with Crippen molar-refractivity contribution in [1.82, 2.24) is 9.97 Å². The van der Waals surface area contributed by atoms with Gasteiger partial charge < -0.3 is 21.1 Å². The number of para-hydroxylation sites is 1. The van der Waals surface area contributed by atoms with E-state index in [2.05, 4.69) is 25.3 Å². The van der Waals surface area contributed by atoms with Crippen LogP contribution in [0.3, 0.4) is 0 Å². The Kier molecular flexibility index (Phi) is 6.20. The Balaban J connectivity index is 1.32. The molecule has 2 aromatic rings. The molecule has 0 radical (unpaired) electrons. The van der Waals surface area contributed by atoms with E-state index < -0.39 is 23.9 Å². The van der Waals surface area contributed by atoms with Gasteiger partial charge in [-0.1, -0.05) is 18.2 Å². The van der Waals surface area contributed by atoms with Crippen molar-refractivity contribution in [1.29, 1.82) is 0 Å². The minimum absolute atomic E-state index is 0.109. The van der Waals surface area contributed by atoms with Crippen LogP contribution >= 0.6 is 0 Å². The Morgan fingerprint density at radius 2 is 1.69 bits per heavy atom. The van der Waals surface area contributed by atoms with Crippen molar-refractivity contribution in [2.45, 2.75) is 57.2 Å². The molecule has 6 rings (SSSR count). The summed E-state index contributed by atoms with van der Waals surface area (Å²) in [6, 6.07) is 5.65. The predicted octanol–water partition coefficient (Wildman–Crippen LogP) is 5.57. The number of nitrogens with two attached hydrogens (primary N) is 1. The molecule has 0 aliphatic heterocycles. The number of aromatic nitrogens is 2. The summed E-state index contributed by atoms with van der Waals surface area (Å²) in [5.41, 5.74) is 5.44. The molecular formula is C24H27F6N5O. The first kappa shape index (κ1) is 24.9. The first-order chi connectivity index (χ1) is 16.9. The van der Waals surface area contributed by atoms with Gasteiger partial charge in [0.2, 0.25) is 5.95 Å². The van der Waals surface area contributed by atoms with Crippen molar-refractivity contribution >= 4 is 11.8 Å². The number of hydrogen-bond donors (Lipinski definition) is 3. The minimum atomic E-state index is -4.88. The van der Waals surface area contributed by atoms with E-state index in [1.807, 2.05) is 0 Å². The minimum Gasteiger partial charge on any atom is -0.405 e. The molecule has 0 spiro atoms. The number of ether oxygens (including phenoxy) is 1. The second kappa shape index (κ2) is 8.97. The number of halogens is 6. The van der Waals surface area contributed by atoms with Crippen LogP contribution in [-0.2, 0) is 12.7 Å². The molecule has 4 aliphatic carbocycles. The second-order valence-corrected chi connectivity index (χ2v) is 10.4. The van der Waals surface area contributed by atoms with Gasteiger partial charge in [0, 0.05) is 30.9 Å². The quantitative estimate of drug-likeness (QED) is 0.418. The SMILES string of the molecule is N[C@@H]1[C@@H]2CC3C[C@H]1C[C@@](CNc1nc(NCc4ccccc4OC(F)(F)F)ncc1C(F)(F)F)(C3)C2. The number of anilines is 2. The van der Waals surface area contributed by atoms with E-state index in [9.17, 15) is 26.3 Å². The first-order valence-electron chi connectivity index (χ1n) is 11.9. The summed E-state index contributed by atoms with van der Waals surface area (Å²) < 4.78 is 83.2. The summed E-state index contributed by atoms with van der Waals surface area (Å²) in [7, 11) is 0. The average Bonchev–Trinajstić information content (AvgIpc) is 2.78. The molecule has 196 valence electrons. The maximum Gasteiger partial charge on any atom is 0.573 e. The molecule has 1 unspecified atom stereocenters. The molecule has 4 fully saturated rings. The molecule has 5 atom stereocenters. The first-order valence-corrected chi connectivity index (χ1v) is 11.9. The summed E-state index contributed by atoms with van der Waals surface area (Å²) in [6.07, 6.45) is -3.93. The van der Waals surface area contributed by atoms with Gasteiger partial charge in [-0.15, -0.1) is 13.2 Å². The fourth-order valence-electron chi connectivity index (χ4n) is 6.58. The average molecular weight is 516 g/mol. The van der Waals surface area contributed by atoms with Gasteiger partial charge in [0.1, 0.15) is 17.1 Å². The summed E-state index contributed by atoms with van der Waals surface area (Å²) in [5.74, 6) is 0.471. The van der Waals surface area contributed by atoms with Gasteiger partial charge in [-0.05, 0) is 61.3 Å². The number of nitrogens with one attached hydrogen (secondary N) is 2. The van der Waals surface area contributed by atoms with Crippen molar-refractivity contribution in [2.75, 3.05) is 17.2 Å². The van der Waals surface area contributed by atoms with Gasteiger partial charge in [0.05, 0.1) is 0 Å². The Hall–Kier alpha value is -2.76. The maximum atomic E-state index is 13.7. The molecule has 0 amide bonds. The van der Waals surface area contributed by atoms with Crippen LogP contribution in [0, 0.1) is 23.2 Å². The van der Waals surface area contributed by atoms with Crippen LogP contribution in [0.1, 0.15) is 43.2 Å². The molecule has 12 heteroatoms. The van der Waals surface area contributed by atoms with E-state index in [1.54, 1.807) is 0 Å². The van der Waals surface area contributed by atoms with Crippen LogP contribution in [0.15, 0.2) is 30.5 Å². The Morgan fingerprint density at radius 3 is 2.36 bits per heavy atom. The highest BCUT2D eigenvalue weighted by Gasteiger charge is 2.54. The van der Waals surface area contributed by atoms with Gasteiger partial charge in [-0.2, -0.15) is 18.2 Å². The smallest absolute Gasteiger partial charge is 0.405 e. The summed E-state index contributed by atoms with van der Waals surface area (Å²) in [6.45, 7) is 0.176. The van der Waals surface area contributed by atoms with Crippen LogP contribution in [-0.4, -0.2) is 28.9 Å². The summed E-state index contributed by atoms with van der Waals surface area (Å²) in [5, 5.41) is 5.66. The Morgan fingerprint density at radius 1 is 1.00 bits per heavy atom. The summed E-state index contributed by atoms with van der Waals surface area (Å²) in [4.78, 5) is 7.80. The van der Waals surface area contributed by atoms with E-state index >= 15 is 0 Å². The molecule has 36 heavy (non-hydrogen) atoms. The number of nitrogens with zero attached hydrogens (tertiary/aromatic N) is 2. The van der Waals surface area contributed by atoms with Crippen LogP contribution in [0.4, 0.5) is 38.1 Å². The predicted molar refractivity (Wildman–Crippen MR) is 120 cm³/mol. The van der Waals surface area contributed by atoms with Crippen LogP contribution in [0.25, 0.3) is 0 Å². The highest BCUT2D eigenvalue weighted by molar-refractivity contribution is 5.49. The monoisotopic (exact) mass is 515 g/mol. The molecule has 4 N–H and O–H groups in total. The summed E-state index contributed by atoms with van der Waals surface area (Å²) >= 11 is 0. The van der Waals surface area contributed by atoms with Crippen molar-refractivity contribution in [3.05, 3.63) is 41.6 Å². The molecule has 1 aromatic carbocycles. The Bertz CT molecular complexity index is 1090. The van der Waals surface area contributed by atoms with Crippen molar-refractivity contribution in [3.8, 4) is 5.75 Å². The molecule has 4 saturated carbocycles. The van der Waals surface area contributed by atoms with Crippen LogP contribution in [0.5, 0.6) is 5.75 Å². The lowest BCUT2D eigenvalue weighted by molar-refractivity contribution is -0.274. The number of alkyl halides is 6. The Labute approximate surface area is 204 Å². The zero-order valence-electron chi connectivity index (χ0n) is 19.3. The number of rotatable bonds is 7. The highest BCUT2D eigenvalue weighted by atomic mass is 19.4. The van der Waals surface area contributed by atoms with Gasteiger partial charge in [0.15, 0.2) is 0 Å². The van der Waals surface area contributed by atoms with Gasteiger partial charge in [0.25, 0.3) is 0 Å². The molecular weight excluding hydrogens is 488 g/mol. The molecule has 0 saturated heterocycles. The lowest BCUT2D eigenvalue weighted by Gasteiger charge is -2.59. The zero-order chi connectivity index (χ0) is 25.7. The van der Waals surface area contributed by atoms with Crippen molar-refractivity contribution < 1.29 is 31.1 Å². The van der Waals surface area contributed by atoms with Crippen molar-refractivity contribution in [3.63, 3.8) is 0 Å². The molecule has 4 bridgehead atoms. The molecule has 1 aromatic heterocycles. The lowest BCUT2D eigenvalue weighted by atomic mass is 9.48. The van der Waals surface area contributed by atoms with Gasteiger partial charge >= 0.3 is 12.5 Å². The van der Waals surface area contributed by atoms with Gasteiger partial charge in [-0.25, -0.2) is 4.98 Å². The van der Waals surface area contributed by atoms with E-state index in [-0.39, 0.29) is 35.3 Å². The van der Waals surface area contributed by atoms with E-state index in [0.29, 0.717) is 30.5 Å². The van der Waals surface area contributed by atoms with E-state index in [1.165, 1.54) is 18.2 Å². The lowest BCUT2D eigenvalue weighted by Crippen LogP contribution is -2.58. The van der Waals surface area contributed by atoms with E-state index in [0.717, 1.165) is 38.2 Å². The fourth-order valence-corrected chi connectivity index (χ4v) is 6.58. The number of benzene rings is 1. The maximum absolute atomic E-state index is 13.7. The van der Waals surface area contributed by atoms with Crippen LogP contribution in [0.2, 0.25) is 0 Å². The van der Waals surface area contributed by atoms with Gasteiger partial charge in [-0.3, -0.25) is 0 Å². The second-order valence-electron chi connectivity index (χ2n) is 10.4. The topological polar surface area (TPSA) is 85.1 Å². The third-order valence-electron chi connectivity index (χ3n) is 7.83. The third-order valence-corrected chi connectivity index (χ3v) is 7.83. The van der Waals surface area contributed by atoms with Crippen molar-refractivity contribution in [2.24, 2.45) is 28.9 Å². The fraction of sp³-hybridized carbons (Fsp3) is 0.583. The largest absolute Gasteiger partial charge is 0.573 e. The zero-order valence-corrected chi connectivity index (χ0v) is 19.3. The normalized spacial score (nSPS) is 29.3. The molecule has 1 heterocycles. The van der Waals surface area contributed by atoms with Crippen LogP contribution < -0.4 is 21.1 Å². The third kappa shape index (κ3) is 5.18. The van der Waals surface area contributed by atoms with E-state index in [4.69, 9.17) is 5.73 Å². The standard InChI is InChI=1S/C24H27F6N5O/c25-23(26,27)17-11-33-21(32-10-14-3-1-2-4-18(14)36-24(28,29)30)35-20(17)34-12-22-7-13-5-15(8-22)19(31)16(6-13)9-22/h1-4,11,13,15-16,19H,5-10,12,31H2,(H2,32,33,34,35)/t13?,15-,16+,19-,22-.